The molecule has 2 aromatic heterocycles. The Bertz CT molecular complexity index is 818. The summed E-state index contributed by atoms with van der Waals surface area (Å²) in [6, 6.07) is 3.53. The number of rotatable bonds is 7. The predicted octanol–water partition coefficient (Wildman–Crippen LogP) is 2.84. The van der Waals surface area contributed by atoms with Gasteiger partial charge in [0.15, 0.2) is 16.6 Å². The van der Waals surface area contributed by atoms with Crippen LogP contribution in [0.25, 0.3) is 0 Å². The van der Waals surface area contributed by atoms with Gasteiger partial charge in [0.2, 0.25) is 17.6 Å². The SMILES string of the molecule is COc1cc(Nc2ncnc(Nc3nccs3)n2)cc(OC)c1OC. The number of methoxy groups -OCH3 is 3. The fourth-order valence-electron chi connectivity index (χ4n) is 2.08. The van der Waals surface area contributed by atoms with Crippen LogP contribution in [0.1, 0.15) is 0 Å². The number of hydrogen-bond acceptors (Lipinski definition) is 10. The van der Waals surface area contributed by atoms with Gasteiger partial charge in [0.25, 0.3) is 0 Å². The van der Waals surface area contributed by atoms with Crippen molar-refractivity contribution in [2.75, 3.05) is 32.0 Å². The molecule has 0 bridgehead atoms. The van der Waals surface area contributed by atoms with Gasteiger partial charge in [-0.15, -0.1) is 11.3 Å². The molecule has 0 aliphatic rings. The molecule has 0 radical (unpaired) electrons. The molecule has 10 heteroatoms. The van der Waals surface area contributed by atoms with Crippen molar-refractivity contribution in [3.8, 4) is 17.2 Å². The fraction of sp³-hybridized carbons (Fsp3) is 0.200. The third kappa shape index (κ3) is 3.86. The monoisotopic (exact) mass is 360 g/mol. The average Bonchev–Trinajstić information content (AvgIpc) is 3.14. The lowest BCUT2D eigenvalue weighted by Gasteiger charge is -2.14. The second-order valence-electron chi connectivity index (χ2n) is 4.63. The van der Waals surface area contributed by atoms with E-state index in [-0.39, 0.29) is 0 Å². The van der Waals surface area contributed by atoms with Gasteiger partial charge in [-0.2, -0.15) is 4.98 Å². The van der Waals surface area contributed by atoms with Crippen LogP contribution < -0.4 is 24.8 Å². The van der Waals surface area contributed by atoms with Crippen LogP contribution in [0.15, 0.2) is 30.0 Å². The molecular formula is C15H16N6O3S. The molecule has 0 aliphatic carbocycles. The van der Waals surface area contributed by atoms with E-state index in [1.165, 1.54) is 17.7 Å². The highest BCUT2D eigenvalue weighted by atomic mass is 32.1. The molecule has 3 rings (SSSR count). The van der Waals surface area contributed by atoms with E-state index in [1.54, 1.807) is 39.7 Å². The third-order valence-corrected chi connectivity index (χ3v) is 3.83. The molecule has 130 valence electrons. The van der Waals surface area contributed by atoms with E-state index in [0.29, 0.717) is 40.0 Å². The standard InChI is InChI=1S/C15H16N6O3S/c1-22-10-6-9(7-11(23-2)12(10)24-3)19-13-17-8-18-14(20-13)21-15-16-4-5-25-15/h4-8H,1-3H3,(H2,16,17,18,19,20,21). The van der Waals surface area contributed by atoms with Crippen molar-refractivity contribution in [1.29, 1.82) is 0 Å². The van der Waals surface area contributed by atoms with Gasteiger partial charge in [-0.25, -0.2) is 15.0 Å². The Morgan fingerprint density at radius 3 is 2.12 bits per heavy atom. The zero-order valence-electron chi connectivity index (χ0n) is 13.8. The lowest BCUT2D eigenvalue weighted by atomic mass is 10.2. The molecule has 1 aromatic carbocycles. The smallest absolute Gasteiger partial charge is 0.233 e. The summed E-state index contributed by atoms with van der Waals surface area (Å²) in [5.41, 5.74) is 0.681. The first-order valence-corrected chi connectivity index (χ1v) is 8.04. The van der Waals surface area contributed by atoms with Crippen molar-refractivity contribution in [1.82, 2.24) is 19.9 Å². The third-order valence-electron chi connectivity index (χ3n) is 3.14. The Morgan fingerprint density at radius 2 is 1.56 bits per heavy atom. The molecule has 0 atom stereocenters. The summed E-state index contributed by atoms with van der Waals surface area (Å²) in [6.45, 7) is 0. The van der Waals surface area contributed by atoms with Gasteiger partial charge >= 0.3 is 0 Å². The average molecular weight is 360 g/mol. The van der Waals surface area contributed by atoms with Crippen molar-refractivity contribution >= 4 is 34.1 Å². The zero-order valence-corrected chi connectivity index (χ0v) is 14.6. The lowest BCUT2D eigenvalue weighted by Crippen LogP contribution is -2.03. The molecule has 3 aromatic rings. The van der Waals surface area contributed by atoms with Gasteiger partial charge in [-0.05, 0) is 0 Å². The summed E-state index contributed by atoms with van der Waals surface area (Å²) in [4.78, 5) is 16.6. The lowest BCUT2D eigenvalue weighted by molar-refractivity contribution is 0.324. The van der Waals surface area contributed by atoms with E-state index < -0.39 is 0 Å². The van der Waals surface area contributed by atoms with Crippen molar-refractivity contribution in [3.05, 3.63) is 30.0 Å². The maximum absolute atomic E-state index is 5.33. The Kier molecular flexibility index (Phi) is 5.09. The summed E-state index contributed by atoms with van der Waals surface area (Å²) < 4.78 is 16.0. The van der Waals surface area contributed by atoms with Crippen LogP contribution in [0.2, 0.25) is 0 Å². The van der Waals surface area contributed by atoms with Gasteiger partial charge in [-0.1, -0.05) is 0 Å². The topological polar surface area (TPSA) is 103 Å². The van der Waals surface area contributed by atoms with E-state index >= 15 is 0 Å². The second kappa shape index (κ2) is 7.62. The molecule has 0 saturated heterocycles. The van der Waals surface area contributed by atoms with Crippen LogP contribution in [0.5, 0.6) is 17.2 Å². The van der Waals surface area contributed by atoms with Crippen LogP contribution in [0.3, 0.4) is 0 Å². The number of thiazole rings is 1. The second-order valence-corrected chi connectivity index (χ2v) is 5.53. The van der Waals surface area contributed by atoms with Crippen LogP contribution in [0, 0.1) is 0 Å². The van der Waals surface area contributed by atoms with Gasteiger partial charge in [-0.3, -0.25) is 5.32 Å². The van der Waals surface area contributed by atoms with Crippen LogP contribution in [-0.4, -0.2) is 41.3 Å². The van der Waals surface area contributed by atoms with E-state index in [1.807, 2.05) is 5.38 Å². The molecular weight excluding hydrogens is 344 g/mol. The maximum atomic E-state index is 5.33. The minimum absolute atomic E-state index is 0.364. The van der Waals surface area contributed by atoms with E-state index in [4.69, 9.17) is 14.2 Å². The van der Waals surface area contributed by atoms with Crippen molar-refractivity contribution in [2.24, 2.45) is 0 Å². The molecule has 0 saturated carbocycles. The highest BCUT2D eigenvalue weighted by Gasteiger charge is 2.14. The molecule has 25 heavy (non-hydrogen) atoms. The van der Waals surface area contributed by atoms with Crippen molar-refractivity contribution in [3.63, 3.8) is 0 Å². The molecule has 0 amide bonds. The minimum Gasteiger partial charge on any atom is -0.493 e. The molecule has 0 spiro atoms. The molecule has 0 unspecified atom stereocenters. The van der Waals surface area contributed by atoms with Crippen LogP contribution >= 0.6 is 11.3 Å². The summed E-state index contributed by atoms with van der Waals surface area (Å²) in [5, 5.41) is 8.66. The zero-order chi connectivity index (χ0) is 17.6. The summed E-state index contributed by atoms with van der Waals surface area (Å²) in [6.07, 6.45) is 3.10. The van der Waals surface area contributed by atoms with Gasteiger partial charge in [0.05, 0.1) is 21.3 Å². The van der Waals surface area contributed by atoms with E-state index in [9.17, 15) is 0 Å². The Balaban J connectivity index is 1.84. The largest absolute Gasteiger partial charge is 0.493 e. The number of benzene rings is 1. The number of ether oxygens (including phenoxy) is 3. The molecule has 2 heterocycles. The first kappa shape index (κ1) is 16.7. The molecule has 0 fully saturated rings. The quantitative estimate of drug-likeness (QED) is 0.658. The van der Waals surface area contributed by atoms with Gasteiger partial charge in [0, 0.05) is 29.4 Å². The Hall–Kier alpha value is -3.14. The van der Waals surface area contributed by atoms with Crippen LogP contribution in [0.4, 0.5) is 22.7 Å². The highest BCUT2D eigenvalue weighted by molar-refractivity contribution is 7.13. The fourth-order valence-corrected chi connectivity index (χ4v) is 2.60. The number of hydrogen-bond donors (Lipinski definition) is 2. The molecule has 0 aliphatic heterocycles. The minimum atomic E-state index is 0.364. The number of nitrogens with one attached hydrogen (secondary N) is 2. The number of nitrogens with zero attached hydrogens (tertiary/aromatic N) is 4. The molecule has 2 N–H and O–H groups in total. The normalized spacial score (nSPS) is 10.2. The Morgan fingerprint density at radius 1 is 0.880 bits per heavy atom. The first-order valence-electron chi connectivity index (χ1n) is 7.16. The van der Waals surface area contributed by atoms with E-state index in [2.05, 4.69) is 30.6 Å². The van der Waals surface area contributed by atoms with Gasteiger partial charge in [0.1, 0.15) is 6.33 Å². The maximum Gasteiger partial charge on any atom is 0.233 e. The van der Waals surface area contributed by atoms with E-state index in [0.717, 1.165) is 0 Å². The number of anilines is 4. The van der Waals surface area contributed by atoms with Gasteiger partial charge < -0.3 is 19.5 Å². The summed E-state index contributed by atoms with van der Waals surface area (Å²) >= 11 is 1.45. The highest BCUT2D eigenvalue weighted by Crippen LogP contribution is 2.40. The predicted molar refractivity (Wildman–Crippen MR) is 94.6 cm³/mol. The van der Waals surface area contributed by atoms with Crippen molar-refractivity contribution in [2.45, 2.75) is 0 Å². The summed E-state index contributed by atoms with van der Waals surface area (Å²) in [5.74, 6) is 2.32. The molecule has 9 nitrogen and oxygen atoms in total. The van der Waals surface area contributed by atoms with Crippen molar-refractivity contribution < 1.29 is 14.2 Å². The first-order chi connectivity index (χ1) is 12.2. The summed E-state index contributed by atoms with van der Waals surface area (Å²) in [7, 11) is 4.66. The number of aromatic nitrogens is 4. The Labute approximate surface area is 148 Å². The van der Waals surface area contributed by atoms with Crippen LogP contribution in [-0.2, 0) is 0 Å².